The molecule has 50 heavy (non-hydrogen) atoms. The molecule has 1 saturated carbocycles. The fraction of sp³-hybridized carbons (Fsp3) is 0.159. The van der Waals surface area contributed by atoms with Gasteiger partial charge in [-0.1, -0.05) is 92.0 Å². The van der Waals surface area contributed by atoms with E-state index in [0.29, 0.717) is 40.9 Å². The Kier molecular flexibility index (Phi) is 11.0. The van der Waals surface area contributed by atoms with Gasteiger partial charge in [0, 0.05) is 33.7 Å². The molecule has 1 fully saturated rings. The molecule has 0 amide bonds. The topological polar surface area (TPSA) is 59.0 Å². The van der Waals surface area contributed by atoms with E-state index in [1.165, 1.54) is 10.1 Å². The van der Waals surface area contributed by atoms with Crippen molar-refractivity contribution < 1.29 is 27.0 Å². The summed E-state index contributed by atoms with van der Waals surface area (Å²) in [7, 11) is 0. The van der Waals surface area contributed by atoms with Crippen molar-refractivity contribution in [3.05, 3.63) is 168 Å². The number of rotatable bonds is 6. The third kappa shape index (κ3) is 9.26. The van der Waals surface area contributed by atoms with Crippen molar-refractivity contribution >= 4 is 64.4 Å². The number of hydrogen-bond acceptors (Lipinski definition) is 4. The van der Waals surface area contributed by atoms with Gasteiger partial charge >= 0.3 is 0 Å². The number of nitrogens with zero attached hydrogens (tertiary/aromatic N) is 2. The molecular formula is C44H37IrN3S2-4. The third-order valence-electron chi connectivity index (χ3n) is 8.02. The van der Waals surface area contributed by atoms with E-state index in [1.807, 2.05) is 60.0 Å². The van der Waals surface area contributed by atoms with Gasteiger partial charge in [-0.2, -0.15) is 28.2 Å². The van der Waals surface area contributed by atoms with Crippen molar-refractivity contribution in [2.75, 3.05) is 0 Å². The monoisotopic (exact) mass is 869 g/mol. The molecular weight excluding hydrogens is 827 g/mol. The molecule has 0 aliphatic heterocycles. The Morgan fingerprint density at radius 1 is 0.980 bits per heavy atom. The van der Waals surface area contributed by atoms with E-state index in [0.717, 1.165) is 45.0 Å². The van der Waals surface area contributed by atoms with Gasteiger partial charge in [-0.3, -0.25) is 0 Å². The van der Waals surface area contributed by atoms with Crippen LogP contribution in [0.5, 0.6) is 0 Å². The van der Waals surface area contributed by atoms with Crippen LogP contribution in [0.25, 0.3) is 46.9 Å². The van der Waals surface area contributed by atoms with E-state index in [4.69, 9.17) is 12.3 Å². The van der Waals surface area contributed by atoms with Crippen LogP contribution in [0, 0.1) is 23.6 Å². The molecule has 0 spiro atoms. The van der Waals surface area contributed by atoms with E-state index < -0.39 is 5.89 Å². The molecule has 0 saturated heterocycles. The van der Waals surface area contributed by atoms with Crippen LogP contribution in [0.2, 0.25) is 0 Å². The molecule has 253 valence electrons. The minimum absolute atomic E-state index is 0. The van der Waals surface area contributed by atoms with Gasteiger partial charge in [-0.15, -0.1) is 83.9 Å². The Morgan fingerprint density at radius 3 is 2.62 bits per heavy atom. The predicted octanol–water partition coefficient (Wildman–Crippen LogP) is 12.6. The van der Waals surface area contributed by atoms with E-state index in [-0.39, 0.29) is 51.0 Å². The molecule has 1 radical (unpaired) electrons. The second-order valence-electron chi connectivity index (χ2n) is 11.4. The summed E-state index contributed by atoms with van der Waals surface area (Å²) in [6, 6.07) is 34.6. The van der Waals surface area contributed by atoms with Crippen LogP contribution in [0.15, 0.2) is 127 Å². The number of thiophene rings is 2. The molecule has 3 nitrogen and oxygen atoms in total. The number of hydrogen-bond donors (Lipinski definition) is 1. The zero-order chi connectivity index (χ0) is 38.2. The zero-order valence-electron chi connectivity index (χ0n) is 32.3. The van der Waals surface area contributed by atoms with Crippen molar-refractivity contribution in [3.8, 4) is 11.3 Å². The number of pyridine rings is 1. The second-order valence-corrected chi connectivity index (χ2v) is 13.4. The van der Waals surface area contributed by atoms with Crippen LogP contribution in [0.1, 0.15) is 68.4 Å². The molecule has 7 aromatic rings. The molecule has 0 atom stereocenters. The Morgan fingerprint density at radius 2 is 1.82 bits per heavy atom. The average Bonchev–Trinajstić information content (AvgIpc) is 3.83. The van der Waals surface area contributed by atoms with Crippen LogP contribution < -0.4 is 0 Å². The first-order chi connectivity index (χ1) is 26.1. The minimum atomic E-state index is -0.965. The SMILES string of the molecule is C=C/C=C\C(=[N-])c1[c-]cccc1.[2H]CC(=N)c1[c-]c2sccc2cc1.[2H]c1nc(-c2[c-]c3sc4ccccc4c3cc2)c([2H])c([2H])c1C1([2H])CCCCC1.[Ir]. The fourth-order valence-electron chi connectivity index (χ4n) is 5.47. The summed E-state index contributed by atoms with van der Waals surface area (Å²) in [5.74, 6) is -0.965. The van der Waals surface area contributed by atoms with Gasteiger partial charge in [0.15, 0.2) is 0 Å². The summed E-state index contributed by atoms with van der Waals surface area (Å²) in [6.07, 6.45) is 9.03. The standard InChI is InChI=1S/C23H20NS.C11H9N.C10H8NS.Ir/c1-2-6-16(7-3-1)18-11-13-21(24-15-18)17-10-12-20-19-8-4-5-9-22(19)25-23(20)14-17;1-2-3-9-11(12)10-7-5-4-6-8-10;1-7(11)9-3-2-8-4-5-12-10(8)6-9;/h4-5,8-13,15-16H,1-3,6-7H2;2-7,9H,1H2;2-5,11H,1H3;/q-1;-2;-1;/b;9-3-;;/i11D,13D,15D,16D;;1D;. The molecule has 1 aliphatic rings. The van der Waals surface area contributed by atoms with Crippen molar-refractivity contribution in [3.63, 3.8) is 0 Å². The molecule has 1 N–H and O–H groups in total. The number of aromatic nitrogens is 1. The molecule has 8 rings (SSSR count). The fourth-order valence-corrected chi connectivity index (χ4v) is 7.37. The summed E-state index contributed by atoms with van der Waals surface area (Å²) >= 11 is 3.26. The van der Waals surface area contributed by atoms with Crippen molar-refractivity contribution in [2.45, 2.75) is 44.9 Å². The van der Waals surface area contributed by atoms with Gasteiger partial charge in [-0.05, 0) is 61.9 Å². The number of nitrogens with one attached hydrogen (secondary N) is 1. The molecule has 3 aromatic heterocycles. The van der Waals surface area contributed by atoms with Crippen molar-refractivity contribution in [2.24, 2.45) is 0 Å². The van der Waals surface area contributed by atoms with Crippen LogP contribution in [0.3, 0.4) is 0 Å². The molecule has 0 unspecified atom stereocenters. The summed E-state index contributed by atoms with van der Waals surface area (Å²) < 4.78 is 44.7. The number of fused-ring (bicyclic) bond motifs is 4. The van der Waals surface area contributed by atoms with Gasteiger partial charge in [0.25, 0.3) is 0 Å². The Hall–Kier alpha value is -4.32. The van der Waals surface area contributed by atoms with Crippen molar-refractivity contribution in [1.82, 2.24) is 4.98 Å². The molecule has 3 heterocycles. The summed E-state index contributed by atoms with van der Waals surface area (Å²) in [4.78, 5) is 4.40. The van der Waals surface area contributed by atoms with Gasteiger partial charge in [0.2, 0.25) is 0 Å². The minimum Gasteiger partial charge on any atom is -0.855 e. The smallest absolute Gasteiger partial charge is 0.0833 e. The van der Waals surface area contributed by atoms with Gasteiger partial charge < -0.3 is 15.8 Å². The maximum absolute atomic E-state index is 9.40. The van der Waals surface area contributed by atoms with E-state index in [1.54, 1.807) is 53.0 Å². The quantitative estimate of drug-likeness (QED) is 0.101. The van der Waals surface area contributed by atoms with Crippen LogP contribution >= 0.6 is 22.7 Å². The Labute approximate surface area is 323 Å². The third-order valence-corrected chi connectivity index (χ3v) is 9.97. The maximum atomic E-state index is 9.40. The molecule has 6 heteroatoms. The summed E-state index contributed by atoms with van der Waals surface area (Å²) in [6.45, 7) is 3.53. The second kappa shape index (κ2) is 18.1. The molecule has 4 aromatic carbocycles. The Bertz CT molecular complexity index is 2490. The predicted molar refractivity (Wildman–Crippen MR) is 212 cm³/mol. The largest absolute Gasteiger partial charge is 0.855 e. The van der Waals surface area contributed by atoms with E-state index in [9.17, 15) is 5.41 Å². The normalized spacial score (nSPS) is 14.8. The zero-order valence-corrected chi connectivity index (χ0v) is 31.3. The van der Waals surface area contributed by atoms with Gasteiger partial charge in [-0.25, -0.2) is 5.71 Å². The average molecular weight is 869 g/mol. The first-order valence-electron chi connectivity index (χ1n) is 18.7. The van der Waals surface area contributed by atoms with E-state index >= 15 is 0 Å². The van der Waals surface area contributed by atoms with Crippen molar-refractivity contribution in [1.29, 1.82) is 5.41 Å². The number of benzene rings is 4. The van der Waals surface area contributed by atoms with Crippen LogP contribution in [-0.4, -0.2) is 16.4 Å². The Balaban J connectivity index is 0.000000185. The summed E-state index contributed by atoms with van der Waals surface area (Å²) in [5.41, 5.74) is 3.22. The van der Waals surface area contributed by atoms with Gasteiger partial charge in [0.1, 0.15) is 0 Å². The van der Waals surface area contributed by atoms with Crippen LogP contribution in [0.4, 0.5) is 0 Å². The number of allylic oxidation sites excluding steroid dienone is 3. The van der Waals surface area contributed by atoms with Gasteiger partial charge in [0.05, 0.1) is 4.11 Å². The van der Waals surface area contributed by atoms with E-state index in [2.05, 4.69) is 41.9 Å². The van der Waals surface area contributed by atoms with Crippen LogP contribution in [-0.2, 0) is 20.1 Å². The molecule has 0 bridgehead atoms. The first-order valence-corrected chi connectivity index (χ1v) is 17.7. The summed E-state index contributed by atoms with van der Waals surface area (Å²) in [5, 5.41) is 22.4. The molecule has 1 aliphatic carbocycles. The first kappa shape index (κ1) is 30.5. The maximum Gasteiger partial charge on any atom is 0.0833 e.